The molecule has 5 nitrogen and oxygen atoms in total. The second-order valence-corrected chi connectivity index (χ2v) is 7.49. The molecular weight excluding hydrogens is 326 g/mol. The summed E-state index contributed by atoms with van der Waals surface area (Å²) in [5.74, 6) is 0.930. The van der Waals surface area contributed by atoms with Gasteiger partial charge >= 0.3 is 0 Å². The molecule has 5 heteroatoms. The van der Waals surface area contributed by atoms with Gasteiger partial charge < -0.3 is 9.84 Å². The van der Waals surface area contributed by atoms with E-state index in [-0.39, 0.29) is 6.10 Å². The second kappa shape index (κ2) is 7.74. The minimum Gasteiger partial charge on any atom is -0.487 e. The molecule has 0 bridgehead atoms. The van der Waals surface area contributed by atoms with Gasteiger partial charge in [0.05, 0.1) is 11.8 Å². The molecule has 1 aromatic heterocycles. The quantitative estimate of drug-likeness (QED) is 0.894. The van der Waals surface area contributed by atoms with Gasteiger partial charge in [-0.05, 0) is 31.5 Å². The zero-order valence-electron chi connectivity index (χ0n) is 15.3. The van der Waals surface area contributed by atoms with Crippen LogP contribution in [0.1, 0.15) is 24.6 Å². The van der Waals surface area contributed by atoms with Gasteiger partial charge in [0, 0.05) is 50.0 Å². The molecule has 2 aliphatic rings. The molecule has 1 aromatic carbocycles. The van der Waals surface area contributed by atoms with E-state index in [9.17, 15) is 5.11 Å². The zero-order valence-corrected chi connectivity index (χ0v) is 15.3. The Balaban J connectivity index is 1.43. The van der Waals surface area contributed by atoms with E-state index in [1.165, 1.54) is 5.56 Å². The van der Waals surface area contributed by atoms with Gasteiger partial charge in [0.1, 0.15) is 12.4 Å². The predicted molar refractivity (Wildman–Crippen MR) is 101 cm³/mol. The lowest BCUT2D eigenvalue weighted by atomic mass is 10.1. The largest absolute Gasteiger partial charge is 0.487 e. The lowest BCUT2D eigenvalue weighted by molar-refractivity contribution is 0.0521. The van der Waals surface area contributed by atoms with Crippen molar-refractivity contribution in [3.05, 3.63) is 59.9 Å². The Morgan fingerprint density at radius 3 is 2.81 bits per heavy atom. The first kappa shape index (κ1) is 17.5. The fourth-order valence-electron chi connectivity index (χ4n) is 4.13. The number of hydrogen-bond donors (Lipinski definition) is 1. The Morgan fingerprint density at radius 2 is 1.96 bits per heavy atom. The van der Waals surface area contributed by atoms with Gasteiger partial charge in [0.25, 0.3) is 0 Å². The Hall–Kier alpha value is -1.95. The number of nitrogens with zero attached hydrogens (tertiary/aromatic N) is 3. The van der Waals surface area contributed by atoms with Crippen LogP contribution < -0.4 is 4.74 Å². The molecule has 2 aromatic rings. The second-order valence-electron chi connectivity index (χ2n) is 7.49. The Kier molecular flexibility index (Phi) is 5.20. The van der Waals surface area contributed by atoms with Crippen LogP contribution in [0.15, 0.2) is 48.7 Å². The van der Waals surface area contributed by atoms with Crippen molar-refractivity contribution >= 4 is 0 Å². The third-order valence-electron chi connectivity index (χ3n) is 5.52. The van der Waals surface area contributed by atoms with Crippen LogP contribution >= 0.6 is 0 Å². The number of para-hydroxylation sites is 1. The molecule has 0 radical (unpaired) electrons. The number of piperazine rings is 1. The fourth-order valence-corrected chi connectivity index (χ4v) is 4.13. The molecule has 0 aliphatic carbocycles. The highest BCUT2D eigenvalue weighted by atomic mass is 16.5. The van der Waals surface area contributed by atoms with E-state index in [1.807, 2.05) is 30.3 Å². The lowest BCUT2D eigenvalue weighted by Gasteiger charge is -2.42. The van der Waals surface area contributed by atoms with E-state index in [0.29, 0.717) is 18.7 Å². The maximum absolute atomic E-state index is 9.96. The van der Waals surface area contributed by atoms with Crippen LogP contribution in [0.4, 0.5) is 0 Å². The SMILES string of the molecule is C[C@@H]1CN2C[C@H](O)C[C@H]2CN1Cc1ccccc1OCc1ccccn1. The number of fused-ring (bicyclic) bond motifs is 1. The lowest BCUT2D eigenvalue weighted by Crippen LogP contribution is -2.54. The van der Waals surface area contributed by atoms with Crippen LogP contribution in [-0.2, 0) is 13.2 Å². The van der Waals surface area contributed by atoms with E-state index in [0.717, 1.165) is 44.0 Å². The minimum absolute atomic E-state index is 0.166. The highest BCUT2D eigenvalue weighted by Crippen LogP contribution is 2.28. The zero-order chi connectivity index (χ0) is 17.9. The molecule has 1 N–H and O–H groups in total. The summed E-state index contributed by atoms with van der Waals surface area (Å²) in [6.07, 6.45) is 2.52. The summed E-state index contributed by atoms with van der Waals surface area (Å²) in [4.78, 5) is 9.29. The van der Waals surface area contributed by atoms with Crippen LogP contribution in [0.3, 0.4) is 0 Å². The summed E-state index contributed by atoms with van der Waals surface area (Å²) in [5, 5.41) is 9.96. The summed E-state index contributed by atoms with van der Waals surface area (Å²) in [7, 11) is 0. The van der Waals surface area contributed by atoms with Crippen LogP contribution in [0.25, 0.3) is 0 Å². The van der Waals surface area contributed by atoms with E-state index in [4.69, 9.17) is 4.74 Å². The van der Waals surface area contributed by atoms with Gasteiger partial charge in [0.15, 0.2) is 0 Å². The van der Waals surface area contributed by atoms with Crippen molar-refractivity contribution in [1.29, 1.82) is 0 Å². The molecule has 4 rings (SSSR count). The molecular formula is C21H27N3O2. The highest BCUT2D eigenvalue weighted by molar-refractivity contribution is 5.33. The molecule has 3 atom stereocenters. The highest BCUT2D eigenvalue weighted by Gasteiger charge is 2.38. The van der Waals surface area contributed by atoms with Gasteiger partial charge in [-0.2, -0.15) is 0 Å². The average molecular weight is 353 g/mol. The summed E-state index contributed by atoms with van der Waals surface area (Å²) >= 11 is 0. The van der Waals surface area contributed by atoms with Crippen LogP contribution in [0.2, 0.25) is 0 Å². The van der Waals surface area contributed by atoms with Gasteiger partial charge in [-0.15, -0.1) is 0 Å². The number of aromatic nitrogens is 1. The molecule has 0 unspecified atom stereocenters. The van der Waals surface area contributed by atoms with Crippen molar-refractivity contribution in [1.82, 2.24) is 14.8 Å². The van der Waals surface area contributed by atoms with Crippen molar-refractivity contribution in [2.75, 3.05) is 19.6 Å². The summed E-state index contributed by atoms with van der Waals surface area (Å²) in [5.41, 5.74) is 2.14. The van der Waals surface area contributed by atoms with E-state index in [1.54, 1.807) is 6.20 Å². The first-order valence-corrected chi connectivity index (χ1v) is 9.46. The predicted octanol–water partition coefficient (Wildman–Crippen LogP) is 2.30. The molecule has 138 valence electrons. The Bertz CT molecular complexity index is 724. The molecule has 2 saturated heterocycles. The summed E-state index contributed by atoms with van der Waals surface area (Å²) < 4.78 is 6.06. The van der Waals surface area contributed by atoms with Crippen LogP contribution in [-0.4, -0.2) is 57.7 Å². The standard InChI is InChI=1S/C21H27N3O2/c1-16-11-24-14-20(25)10-19(24)13-23(16)12-17-6-2-3-8-21(17)26-15-18-7-4-5-9-22-18/h2-9,16,19-20,25H,10-15H2,1H3/t16-,19+,20-/m1/s1. The molecule has 26 heavy (non-hydrogen) atoms. The molecule has 0 amide bonds. The molecule has 2 aliphatic heterocycles. The third kappa shape index (κ3) is 3.90. The van der Waals surface area contributed by atoms with E-state index >= 15 is 0 Å². The fraction of sp³-hybridized carbons (Fsp3) is 0.476. The first-order valence-electron chi connectivity index (χ1n) is 9.46. The van der Waals surface area contributed by atoms with Crippen LogP contribution in [0, 0.1) is 0 Å². The topological polar surface area (TPSA) is 48.8 Å². The van der Waals surface area contributed by atoms with E-state index < -0.39 is 0 Å². The number of aliphatic hydroxyl groups is 1. The minimum atomic E-state index is -0.166. The number of benzene rings is 1. The number of hydrogen-bond acceptors (Lipinski definition) is 5. The van der Waals surface area contributed by atoms with Gasteiger partial charge in [0.2, 0.25) is 0 Å². The van der Waals surface area contributed by atoms with Gasteiger partial charge in [-0.3, -0.25) is 14.8 Å². The van der Waals surface area contributed by atoms with Crippen molar-refractivity contribution in [3.8, 4) is 5.75 Å². The van der Waals surface area contributed by atoms with Crippen molar-refractivity contribution < 1.29 is 9.84 Å². The molecule has 3 heterocycles. The van der Waals surface area contributed by atoms with Gasteiger partial charge in [-0.1, -0.05) is 24.3 Å². The molecule has 0 saturated carbocycles. The third-order valence-corrected chi connectivity index (χ3v) is 5.52. The van der Waals surface area contributed by atoms with Crippen LogP contribution in [0.5, 0.6) is 5.75 Å². The van der Waals surface area contributed by atoms with Crippen molar-refractivity contribution in [2.45, 2.75) is 44.7 Å². The van der Waals surface area contributed by atoms with Crippen molar-refractivity contribution in [3.63, 3.8) is 0 Å². The Morgan fingerprint density at radius 1 is 1.12 bits per heavy atom. The molecule has 2 fully saturated rings. The maximum Gasteiger partial charge on any atom is 0.130 e. The maximum atomic E-state index is 9.96. The first-order chi connectivity index (χ1) is 12.7. The van der Waals surface area contributed by atoms with Crippen molar-refractivity contribution in [2.24, 2.45) is 0 Å². The number of aliphatic hydroxyl groups excluding tert-OH is 1. The number of ether oxygens (including phenoxy) is 1. The van der Waals surface area contributed by atoms with Gasteiger partial charge in [-0.25, -0.2) is 0 Å². The average Bonchev–Trinajstić information content (AvgIpc) is 3.01. The summed E-state index contributed by atoms with van der Waals surface area (Å²) in [6.45, 7) is 6.49. The number of rotatable bonds is 5. The Labute approximate surface area is 155 Å². The van der Waals surface area contributed by atoms with E-state index in [2.05, 4.69) is 33.8 Å². The smallest absolute Gasteiger partial charge is 0.130 e. The number of pyridine rings is 1. The summed E-state index contributed by atoms with van der Waals surface area (Å²) in [6, 6.07) is 15.1. The monoisotopic (exact) mass is 353 g/mol. The normalized spacial score (nSPS) is 26.6. The molecule has 0 spiro atoms.